The quantitative estimate of drug-likeness (QED) is 0.585. The van der Waals surface area contributed by atoms with Crippen molar-refractivity contribution in [1.82, 2.24) is 24.6 Å². The Bertz CT molecular complexity index is 1240. The fourth-order valence-electron chi connectivity index (χ4n) is 3.79. The zero-order chi connectivity index (χ0) is 19.8. The van der Waals surface area contributed by atoms with Crippen LogP contribution in [0.1, 0.15) is 10.4 Å². The summed E-state index contributed by atoms with van der Waals surface area (Å²) in [4.78, 5) is 34.1. The Balaban J connectivity index is 1.29. The largest absolute Gasteiger partial charge is 0.361 e. The van der Waals surface area contributed by atoms with Gasteiger partial charge in [0, 0.05) is 65.7 Å². The lowest BCUT2D eigenvalue weighted by atomic mass is 9.98. The third-order valence-corrected chi connectivity index (χ3v) is 5.34. The number of H-pyrrole nitrogens is 1. The van der Waals surface area contributed by atoms with Crippen molar-refractivity contribution in [2.75, 3.05) is 13.1 Å². The predicted octanol–water partition coefficient (Wildman–Crippen LogP) is 2.56. The Kier molecular flexibility index (Phi) is 4.20. The maximum Gasteiger partial charge on any atom is 0.266 e. The first-order valence-corrected chi connectivity index (χ1v) is 9.53. The standard InChI is InChI=1S/C22H19N5O2/c28-21-5-4-19(16-6-9-23-10-7-16)25-27(21)14-15-12-26(13-15)22(29)18-2-1-3-20-17(18)8-11-24-20/h1-11,15,24H,12-14H2. The zero-order valence-corrected chi connectivity index (χ0v) is 15.7. The molecule has 144 valence electrons. The van der Waals surface area contributed by atoms with Crippen molar-refractivity contribution in [3.05, 3.63) is 83.0 Å². The lowest BCUT2D eigenvalue weighted by molar-refractivity contribution is 0.0460. The lowest BCUT2D eigenvalue weighted by Crippen LogP contribution is -2.52. The minimum absolute atomic E-state index is 0.0253. The molecule has 1 N–H and O–H groups in total. The number of fused-ring (bicyclic) bond motifs is 1. The van der Waals surface area contributed by atoms with Crippen molar-refractivity contribution in [2.45, 2.75) is 6.54 Å². The number of carbonyl (C=O) groups excluding carboxylic acids is 1. The van der Waals surface area contributed by atoms with E-state index in [9.17, 15) is 9.59 Å². The number of benzene rings is 1. The van der Waals surface area contributed by atoms with E-state index in [2.05, 4.69) is 15.1 Å². The van der Waals surface area contributed by atoms with Gasteiger partial charge in [-0.2, -0.15) is 5.10 Å². The number of hydrogen-bond acceptors (Lipinski definition) is 4. The van der Waals surface area contributed by atoms with Crippen molar-refractivity contribution in [3.63, 3.8) is 0 Å². The second-order valence-electron chi connectivity index (χ2n) is 7.30. The maximum atomic E-state index is 12.9. The number of hydrogen-bond donors (Lipinski definition) is 1. The summed E-state index contributed by atoms with van der Waals surface area (Å²) in [5.41, 5.74) is 3.18. The summed E-state index contributed by atoms with van der Waals surface area (Å²) in [6.07, 6.45) is 5.24. The van der Waals surface area contributed by atoms with E-state index in [1.807, 2.05) is 47.5 Å². The molecule has 0 radical (unpaired) electrons. The number of rotatable bonds is 4. The highest BCUT2D eigenvalue weighted by Crippen LogP contribution is 2.24. The second-order valence-corrected chi connectivity index (χ2v) is 7.30. The Morgan fingerprint density at radius 1 is 1.07 bits per heavy atom. The van der Waals surface area contributed by atoms with Gasteiger partial charge in [0.15, 0.2) is 0 Å². The van der Waals surface area contributed by atoms with Crippen molar-refractivity contribution >= 4 is 16.8 Å². The SMILES string of the molecule is O=C(c1cccc2[nH]ccc12)N1CC(Cn2nc(-c3ccncc3)ccc2=O)C1. The first kappa shape index (κ1) is 17.4. The van der Waals surface area contributed by atoms with Crippen LogP contribution >= 0.6 is 0 Å². The molecule has 4 heterocycles. The van der Waals surface area contributed by atoms with Crippen molar-refractivity contribution < 1.29 is 4.79 Å². The molecule has 4 aromatic rings. The summed E-state index contributed by atoms with van der Waals surface area (Å²) in [6.45, 7) is 1.73. The summed E-state index contributed by atoms with van der Waals surface area (Å²) < 4.78 is 1.50. The van der Waals surface area contributed by atoms with Crippen LogP contribution in [0, 0.1) is 5.92 Å². The van der Waals surface area contributed by atoms with E-state index in [-0.39, 0.29) is 17.4 Å². The van der Waals surface area contributed by atoms with E-state index in [1.165, 1.54) is 10.7 Å². The molecule has 5 rings (SSSR count). The molecule has 3 aromatic heterocycles. The summed E-state index contributed by atoms with van der Waals surface area (Å²) >= 11 is 0. The van der Waals surface area contributed by atoms with E-state index >= 15 is 0 Å². The molecule has 0 saturated carbocycles. The number of aromatic amines is 1. The molecule has 1 aliphatic rings. The van der Waals surface area contributed by atoms with Crippen molar-refractivity contribution in [3.8, 4) is 11.3 Å². The Hall–Kier alpha value is -3.74. The molecule has 1 amide bonds. The highest BCUT2D eigenvalue weighted by molar-refractivity contribution is 6.06. The molecule has 1 saturated heterocycles. The third kappa shape index (κ3) is 3.20. The first-order valence-electron chi connectivity index (χ1n) is 9.53. The van der Waals surface area contributed by atoms with Crippen LogP contribution in [0.25, 0.3) is 22.2 Å². The summed E-state index contributed by atoms with van der Waals surface area (Å²) in [5.74, 6) is 0.236. The Morgan fingerprint density at radius 3 is 2.72 bits per heavy atom. The topological polar surface area (TPSA) is 83.9 Å². The normalized spacial score (nSPS) is 14.1. The first-order chi connectivity index (χ1) is 14.2. The van der Waals surface area contributed by atoms with Gasteiger partial charge in [0.25, 0.3) is 11.5 Å². The number of carbonyl (C=O) groups is 1. The van der Waals surface area contributed by atoms with Gasteiger partial charge in [-0.1, -0.05) is 6.07 Å². The predicted molar refractivity (Wildman–Crippen MR) is 109 cm³/mol. The monoisotopic (exact) mass is 385 g/mol. The number of nitrogens with one attached hydrogen (secondary N) is 1. The molecule has 0 bridgehead atoms. The van der Waals surface area contributed by atoms with Gasteiger partial charge in [-0.3, -0.25) is 14.6 Å². The molecular formula is C22H19N5O2. The fraction of sp³-hybridized carbons (Fsp3) is 0.182. The van der Waals surface area contributed by atoms with Gasteiger partial charge in [-0.15, -0.1) is 0 Å². The van der Waals surface area contributed by atoms with Crippen LogP contribution < -0.4 is 5.56 Å². The summed E-state index contributed by atoms with van der Waals surface area (Å²) in [6, 6.07) is 14.6. The van der Waals surface area contributed by atoms with Gasteiger partial charge in [0.1, 0.15) is 0 Å². The Labute approximate surface area is 166 Å². The van der Waals surface area contributed by atoms with Gasteiger partial charge in [-0.05, 0) is 36.4 Å². The number of nitrogens with zero attached hydrogens (tertiary/aromatic N) is 4. The molecule has 0 atom stereocenters. The van der Waals surface area contributed by atoms with E-state index in [1.54, 1.807) is 18.5 Å². The number of pyridine rings is 1. The molecule has 29 heavy (non-hydrogen) atoms. The summed E-state index contributed by atoms with van der Waals surface area (Å²) in [5, 5.41) is 5.43. The third-order valence-electron chi connectivity index (χ3n) is 5.34. The van der Waals surface area contributed by atoms with E-state index < -0.39 is 0 Å². The van der Waals surface area contributed by atoms with E-state index in [0.717, 1.165) is 22.2 Å². The molecular weight excluding hydrogens is 366 g/mol. The van der Waals surface area contributed by atoms with Gasteiger partial charge >= 0.3 is 0 Å². The van der Waals surface area contributed by atoms with Crippen molar-refractivity contribution in [2.24, 2.45) is 5.92 Å². The van der Waals surface area contributed by atoms with Crippen LogP contribution in [-0.4, -0.2) is 43.6 Å². The van der Waals surface area contributed by atoms with Crippen molar-refractivity contribution in [1.29, 1.82) is 0 Å². The van der Waals surface area contributed by atoms with Crippen LogP contribution in [0.5, 0.6) is 0 Å². The molecule has 0 unspecified atom stereocenters. The molecule has 1 fully saturated rings. The van der Waals surface area contributed by atoms with Crippen LogP contribution in [-0.2, 0) is 6.54 Å². The van der Waals surface area contributed by atoms with Crippen LogP contribution in [0.2, 0.25) is 0 Å². The molecule has 0 aliphatic carbocycles. The minimum Gasteiger partial charge on any atom is -0.361 e. The van der Waals surface area contributed by atoms with Gasteiger partial charge in [0.05, 0.1) is 12.2 Å². The number of likely N-dealkylation sites (tertiary alicyclic amines) is 1. The zero-order valence-electron chi connectivity index (χ0n) is 15.7. The van der Waals surface area contributed by atoms with Gasteiger partial charge in [-0.25, -0.2) is 4.68 Å². The van der Waals surface area contributed by atoms with Gasteiger partial charge < -0.3 is 9.88 Å². The number of amides is 1. The smallest absolute Gasteiger partial charge is 0.266 e. The molecule has 7 nitrogen and oxygen atoms in total. The summed E-state index contributed by atoms with van der Waals surface area (Å²) in [7, 11) is 0. The van der Waals surface area contributed by atoms with E-state index in [0.29, 0.717) is 25.2 Å². The maximum absolute atomic E-state index is 12.9. The Morgan fingerprint density at radius 2 is 1.90 bits per heavy atom. The lowest BCUT2D eigenvalue weighted by Gasteiger charge is -2.39. The minimum atomic E-state index is -0.135. The van der Waals surface area contributed by atoms with E-state index in [4.69, 9.17) is 0 Å². The average Bonchev–Trinajstić information content (AvgIpc) is 3.20. The number of aromatic nitrogens is 4. The molecule has 1 aromatic carbocycles. The average molecular weight is 385 g/mol. The molecule has 7 heteroatoms. The van der Waals surface area contributed by atoms with Crippen LogP contribution in [0.3, 0.4) is 0 Å². The van der Waals surface area contributed by atoms with Crippen LogP contribution in [0.4, 0.5) is 0 Å². The van der Waals surface area contributed by atoms with Gasteiger partial charge in [0.2, 0.25) is 0 Å². The molecule has 1 aliphatic heterocycles. The fourth-order valence-corrected chi connectivity index (χ4v) is 3.79. The second kappa shape index (κ2) is 7.01. The highest BCUT2D eigenvalue weighted by atomic mass is 16.2. The molecule has 0 spiro atoms. The highest BCUT2D eigenvalue weighted by Gasteiger charge is 2.32. The van der Waals surface area contributed by atoms with Crippen LogP contribution in [0.15, 0.2) is 71.9 Å².